The van der Waals surface area contributed by atoms with E-state index in [0.29, 0.717) is 0 Å². The molecule has 1 atom stereocenters. The van der Waals surface area contributed by atoms with Crippen molar-refractivity contribution in [2.75, 3.05) is 12.9 Å². The van der Waals surface area contributed by atoms with Crippen LogP contribution in [-0.2, 0) is 4.74 Å². The maximum Gasteiger partial charge on any atom is 0.0817 e. The first-order chi connectivity index (χ1) is 4.83. The van der Waals surface area contributed by atoms with Crippen LogP contribution in [-0.4, -0.2) is 18.1 Å². The van der Waals surface area contributed by atoms with E-state index < -0.39 is 0 Å². The molecule has 1 aliphatic rings. The normalized spacial score (nSPS) is 30.6. The third kappa shape index (κ3) is 2.25. The number of allylic oxidation sites excluding steroid dienone is 1. The van der Waals surface area contributed by atoms with Crippen LogP contribution >= 0.6 is 11.8 Å². The molecule has 0 aromatic heterocycles. The molecule has 1 heterocycles. The molecule has 0 amide bonds. The topological polar surface area (TPSA) is 9.23 Å². The van der Waals surface area contributed by atoms with Crippen LogP contribution in [0.1, 0.15) is 19.8 Å². The van der Waals surface area contributed by atoms with Gasteiger partial charge in [0.05, 0.1) is 13.4 Å². The highest BCUT2D eigenvalue weighted by molar-refractivity contribution is 7.99. The molecule has 1 aliphatic heterocycles. The molecule has 0 N–H and O–H groups in total. The highest BCUT2D eigenvalue weighted by Gasteiger charge is 2.12. The molecule has 0 aliphatic carbocycles. The Hall–Kier alpha value is -0.110. The van der Waals surface area contributed by atoms with E-state index in [4.69, 9.17) is 4.74 Å². The van der Waals surface area contributed by atoms with E-state index in [1.165, 1.54) is 24.2 Å². The zero-order valence-corrected chi connectivity index (χ0v) is 7.41. The molecule has 1 nitrogen and oxygen atoms in total. The second-order valence-electron chi connectivity index (χ2n) is 2.65. The van der Waals surface area contributed by atoms with Crippen LogP contribution in [0.15, 0.2) is 11.8 Å². The lowest BCUT2D eigenvalue weighted by atomic mass is 10.1. The molecule has 0 bridgehead atoms. The number of hydrogen-bond donors (Lipinski definition) is 0. The molecule has 0 aromatic carbocycles. The van der Waals surface area contributed by atoms with E-state index in [9.17, 15) is 0 Å². The maximum atomic E-state index is 4.96. The van der Waals surface area contributed by atoms with Gasteiger partial charge in [-0.2, -0.15) is 11.8 Å². The van der Waals surface area contributed by atoms with Gasteiger partial charge in [-0.05, 0) is 24.2 Å². The Morgan fingerprint density at radius 1 is 1.70 bits per heavy atom. The largest absolute Gasteiger partial charge is 0.504 e. The quantitative estimate of drug-likeness (QED) is 0.542. The summed E-state index contributed by atoms with van der Waals surface area (Å²) in [6, 6.07) is 0. The van der Waals surface area contributed by atoms with E-state index in [2.05, 4.69) is 18.7 Å². The summed E-state index contributed by atoms with van der Waals surface area (Å²) in [7, 11) is 1.72. The van der Waals surface area contributed by atoms with Crippen molar-refractivity contribution in [3.05, 3.63) is 11.8 Å². The van der Waals surface area contributed by atoms with Gasteiger partial charge in [-0.3, -0.25) is 0 Å². The maximum absolute atomic E-state index is 4.96. The zero-order chi connectivity index (χ0) is 7.40. The van der Waals surface area contributed by atoms with Crippen LogP contribution in [0.3, 0.4) is 0 Å². The van der Waals surface area contributed by atoms with Crippen molar-refractivity contribution in [2.45, 2.75) is 25.0 Å². The van der Waals surface area contributed by atoms with E-state index >= 15 is 0 Å². The van der Waals surface area contributed by atoms with Crippen LogP contribution in [0, 0.1) is 0 Å². The van der Waals surface area contributed by atoms with Gasteiger partial charge in [0.25, 0.3) is 0 Å². The van der Waals surface area contributed by atoms with Gasteiger partial charge in [0.2, 0.25) is 0 Å². The standard InChI is InChI=1S/C8H14OS/c1-7-5-8(6-9-2)3-4-10-7/h6-7H,3-5H2,1-2H3. The van der Waals surface area contributed by atoms with Gasteiger partial charge in [0, 0.05) is 5.25 Å². The predicted molar refractivity (Wildman–Crippen MR) is 46.2 cm³/mol. The second kappa shape index (κ2) is 3.91. The van der Waals surface area contributed by atoms with E-state index in [1.54, 1.807) is 7.11 Å². The molecular formula is C8H14OS. The predicted octanol–water partition coefficient (Wildman–Crippen LogP) is 2.43. The molecule has 1 fully saturated rings. The van der Waals surface area contributed by atoms with Crippen molar-refractivity contribution >= 4 is 11.8 Å². The number of hydrogen-bond acceptors (Lipinski definition) is 2. The Kier molecular flexibility index (Phi) is 3.13. The molecule has 0 aromatic rings. The smallest absolute Gasteiger partial charge is 0.0817 e. The fourth-order valence-electron chi connectivity index (χ4n) is 1.20. The summed E-state index contributed by atoms with van der Waals surface area (Å²) in [6.45, 7) is 2.27. The molecule has 0 spiro atoms. The van der Waals surface area contributed by atoms with Gasteiger partial charge in [0.1, 0.15) is 0 Å². The Morgan fingerprint density at radius 2 is 2.50 bits per heavy atom. The van der Waals surface area contributed by atoms with Gasteiger partial charge >= 0.3 is 0 Å². The molecule has 58 valence electrons. The third-order valence-electron chi connectivity index (χ3n) is 1.66. The molecule has 2 heteroatoms. The van der Waals surface area contributed by atoms with Crippen LogP contribution in [0.4, 0.5) is 0 Å². The SMILES string of the molecule is COC=C1CCSC(C)C1. The Labute approximate surface area is 66.8 Å². The highest BCUT2D eigenvalue weighted by Crippen LogP contribution is 2.28. The Morgan fingerprint density at radius 3 is 3.10 bits per heavy atom. The lowest BCUT2D eigenvalue weighted by Gasteiger charge is -2.19. The van der Waals surface area contributed by atoms with Crippen molar-refractivity contribution < 1.29 is 4.74 Å². The first-order valence-electron chi connectivity index (χ1n) is 3.65. The Bertz CT molecular complexity index is 131. The molecule has 1 saturated heterocycles. The van der Waals surface area contributed by atoms with E-state index in [0.717, 1.165) is 5.25 Å². The van der Waals surface area contributed by atoms with Crippen molar-refractivity contribution in [3.63, 3.8) is 0 Å². The molecule has 1 unspecified atom stereocenters. The summed E-state index contributed by atoms with van der Waals surface area (Å²) >= 11 is 2.05. The lowest BCUT2D eigenvalue weighted by molar-refractivity contribution is 0.331. The molecule has 10 heavy (non-hydrogen) atoms. The highest BCUT2D eigenvalue weighted by atomic mass is 32.2. The van der Waals surface area contributed by atoms with Crippen LogP contribution in [0.25, 0.3) is 0 Å². The first kappa shape index (κ1) is 7.99. The number of methoxy groups -OCH3 is 1. The minimum absolute atomic E-state index is 0.787. The second-order valence-corrected chi connectivity index (χ2v) is 4.19. The van der Waals surface area contributed by atoms with Crippen molar-refractivity contribution in [2.24, 2.45) is 0 Å². The third-order valence-corrected chi connectivity index (χ3v) is 2.84. The number of thioether (sulfide) groups is 1. The summed E-state index contributed by atoms with van der Waals surface area (Å²) in [5.41, 5.74) is 1.47. The van der Waals surface area contributed by atoms with E-state index in [-0.39, 0.29) is 0 Å². The summed E-state index contributed by atoms with van der Waals surface area (Å²) in [5, 5.41) is 0.787. The average molecular weight is 158 g/mol. The van der Waals surface area contributed by atoms with E-state index in [1.807, 2.05) is 6.26 Å². The van der Waals surface area contributed by atoms with Gasteiger partial charge in [-0.25, -0.2) is 0 Å². The van der Waals surface area contributed by atoms with Crippen molar-refractivity contribution in [1.29, 1.82) is 0 Å². The van der Waals surface area contributed by atoms with Crippen molar-refractivity contribution in [1.82, 2.24) is 0 Å². The lowest BCUT2D eigenvalue weighted by Crippen LogP contribution is -2.07. The minimum Gasteiger partial charge on any atom is -0.504 e. The van der Waals surface area contributed by atoms with Crippen molar-refractivity contribution in [3.8, 4) is 0 Å². The van der Waals surface area contributed by atoms with Gasteiger partial charge < -0.3 is 4.74 Å². The number of ether oxygens (including phenoxy) is 1. The fourth-order valence-corrected chi connectivity index (χ4v) is 2.31. The molecule has 0 saturated carbocycles. The first-order valence-corrected chi connectivity index (χ1v) is 4.70. The fraction of sp³-hybridized carbons (Fsp3) is 0.750. The van der Waals surface area contributed by atoms with Crippen LogP contribution in [0.2, 0.25) is 0 Å². The molecule has 1 rings (SSSR count). The summed E-state index contributed by atoms with van der Waals surface area (Å²) in [4.78, 5) is 0. The summed E-state index contributed by atoms with van der Waals surface area (Å²) in [5.74, 6) is 1.26. The van der Waals surface area contributed by atoms with Crippen LogP contribution in [0.5, 0.6) is 0 Å². The Balaban J connectivity index is 2.39. The molecular weight excluding hydrogens is 144 g/mol. The summed E-state index contributed by atoms with van der Waals surface area (Å²) < 4.78 is 4.96. The average Bonchev–Trinajstić information content (AvgIpc) is 1.88. The van der Waals surface area contributed by atoms with Gasteiger partial charge in [-0.1, -0.05) is 6.92 Å². The van der Waals surface area contributed by atoms with Gasteiger partial charge in [-0.15, -0.1) is 0 Å². The molecule has 0 radical (unpaired) electrons. The monoisotopic (exact) mass is 158 g/mol. The summed E-state index contributed by atoms with van der Waals surface area (Å²) in [6.07, 6.45) is 4.32. The number of rotatable bonds is 1. The minimum atomic E-state index is 0.787. The zero-order valence-electron chi connectivity index (χ0n) is 6.59. The van der Waals surface area contributed by atoms with Gasteiger partial charge in [0.15, 0.2) is 0 Å². The van der Waals surface area contributed by atoms with Crippen LogP contribution < -0.4 is 0 Å².